The van der Waals surface area contributed by atoms with Gasteiger partial charge in [0.25, 0.3) is 0 Å². The normalized spacial score (nSPS) is 16.0. The summed E-state index contributed by atoms with van der Waals surface area (Å²) in [5, 5.41) is 9.75. The first-order valence-corrected chi connectivity index (χ1v) is 11.9. The van der Waals surface area contributed by atoms with Gasteiger partial charge in [0.1, 0.15) is 23.7 Å². The minimum atomic E-state index is 0.0618. The number of amides is 1. The summed E-state index contributed by atoms with van der Waals surface area (Å²) in [5.74, 6) is 2.21. The number of rotatable bonds is 1. The molecular formula is C26H32N6O2. The molecule has 3 aromatic rings. The number of nitrogens with zero attached hydrogens (tertiary/aromatic N) is 3. The van der Waals surface area contributed by atoms with Gasteiger partial charge in [-0.25, -0.2) is 9.97 Å². The monoisotopic (exact) mass is 460 g/mol. The van der Waals surface area contributed by atoms with E-state index in [0.717, 1.165) is 48.5 Å². The third-order valence-corrected chi connectivity index (χ3v) is 5.64. The van der Waals surface area contributed by atoms with Crippen LogP contribution in [0.1, 0.15) is 31.7 Å². The van der Waals surface area contributed by atoms with E-state index in [0.29, 0.717) is 37.9 Å². The van der Waals surface area contributed by atoms with Gasteiger partial charge in [-0.3, -0.25) is 9.69 Å². The van der Waals surface area contributed by atoms with Crippen molar-refractivity contribution in [1.82, 2.24) is 20.2 Å². The summed E-state index contributed by atoms with van der Waals surface area (Å²) in [5.41, 5.74) is 2.91. The fourth-order valence-corrected chi connectivity index (χ4v) is 3.83. The van der Waals surface area contributed by atoms with Gasteiger partial charge in [0.15, 0.2) is 0 Å². The summed E-state index contributed by atoms with van der Waals surface area (Å²) in [6.45, 7) is 5.25. The summed E-state index contributed by atoms with van der Waals surface area (Å²) in [6, 6.07) is 17.9. The highest BCUT2D eigenvalue weighted by molar-refractivity contribution is 5.78. The number of fused-ring (bicyclic) bond motifs is 5. The zero-order valence-corrected chi connectivity index (χ0v) is 19.6. The van der Waals surface area contributed by atoms with E-state index in [2.05, 4.69) is 49.9 Å². The minimum Gasteiger partial charge on any atom is -0.491 e. The first kappa shape index (κ1) is 23.5. The molecule has 0 fully saturated rings. The smallest absolute Gasteiger partial charge is 0.234 e. The van der Waals surface area contributed by atoms with E-state index in [9.17, 15) is 4.79 Å². The molecule has 0 radical (unpaired) electrons. The second-order valence-electron chi connectivity index (χ2n) is 8.30. The lowest BCUT2D eigenvalue weighted by Crippen LogP contribution is -2.37. The van der Waals surface area contributed by atoms with E-state index in [1.807, 2.05) is 42.5 Å². The lowest BCUT2D eigenvalue weighted by molar-refractivity contribution is -0.122. The molecule has 8 nitrogen and oxygen atoms in total. The zero-order chi connectivity index (χ0) is 23.6. The van der Waals surface area contributed by atoms with Gasteiger partial charge in [-0.15, -0.1) is 0 Å². The Morgan fingerprint density at radius 2 is 1.79 bits per heavy atom. The van der Waals surface area contributed by atoms with E-state index in [1.54, 1.807) is 0 Å². The van der Waals surface area contributed by atoms with Gasteiger partial charge in [0.2, 0.25) is 5.91 Å². The van der Waals surface area contributed by atoms with E-state index in [4.69, 9.17) is 4.74 Å². The maximum Gasteiger partial charge on any atom is 0.234 e. The summed E-state index contributed by atoms with van der Waals surface area (Å²) in [7, 11) is 0. The highest BCUT2D eigenvalue weighted by Crippen LogP contribution is 2.28. The van der Waals surface area contributed by atoms with Crippen molar-refractivity contribution >= 4 is 28.9 Å². The Bertz CT molecular complexity index is 1090. The summed E-state index contributed by atoms with van der Waals surface area (Å²) >= 11 is 0. The van der Waals surface area contributed by atoms with Crippen LogP contribution >= 0.6 is 0 Å². The molecular weight excluding hydrogens is 428 g/mol. The van der Waals surface area contributed by atoms with Crippen LogP contribution in [0, 0.1) is 0 Å². The van der Waals surface area contributed by atoms with Crippen LogP contribution in [0.3, 0.4) is 0 Å². The average Bonchev–Trinajstić information content (AvgIpc) is 2.84. The van der Waals surface area contributed by atoms with Crippen molar-refractivity contribution in [3.63, 3.8) is 0 Å². The number of carbonyl (C=O) groups excluding carboxylic acids is 1. The molecule has 0 saturated heterocycles. The van der Waals surface area contributed by atoms with Crippen molar-refractivity contribution < 1.29 is 9.53 Å². The molecule has 0 aliphatic carbocycles. The SMILES string of the molecule is CCN1CC(=O)NCCCCCOc2ccccc2Nc2cc(ncn2)Nc2cccc(c2)C1. The molecule has 8 heteroatoms. The summed E-state index contributed by atoms with van der Waals surface area (Å²) < 4.78 is 6.02. The first-order valence-electron chi connectivity index (χ1n) is 11.9. The number of hydrogen-bond acceptors (Lipinski definition) is 7. The molecule has 1 aliphatic heterocycles. The van der Waals surface area contributed by atoms with Crippen LogP contribution in [0.2, 0.25) is 0 Å². The molecule has 34 heavy (non-hydrogen) atoms. The van der Waals surface area contributed by atoms with E-state index < -0.39 is 0 Å². The van der Waals surface area contributed by atoms with E-state index >= 15 is 0 Å². The Morgan fingerprint density at radius 1 is 0.941 bits per heavy atom. The molecule has 0 atom stereocenters. The molecule has 2 heterocycles. The maximum atomic E-state index is 12.4. The van der Waals surface area contributed by atoms with Crippen LogP contribution in [-0.2, 0) is 11.3 Å². The fraction of sp³-hybridized carbons (Fsp3) is 0.346. The Labute approximate surface area is 200 Å². The highest BCUT2D eigenvalue weighted by Gasteiger charge is 2.11. The number of nitrogens with one attached hydrogen (secondary N) is 3. The summed E-state index contributed by atoms with van der Waals surface area (Å²) in [6.07, 6.45) is 4.37. The first-order chi connectivity index (χ1) is 16.7. The Hall–Kier alpha value is -3.65. The number of para-hydroxylation sites is 2. The molecule has 1 amide bonds. The Balaban J connectivity index is 1.56. The topological polar surface area (TPSA) is 91.4 Å². The molecule has 0 spiro atoms. The van der Waals surface area contributed by atoms with Crippen molar-refractivity contribution in [2.45, 2.75) is 32.7 Å². The highest BCUT2D eigenvalue weighted by atomic mass is 16.5. The average molecular weight is 461 g/mol. The van der Waals surface area contributed by atoms with Gasteiger partial charge >= 0.3 is 0 Å². The predicted octanol–water partition coefficient (Wildman–Crippen LogP) is 4.46. The molecule has 2 aromatic carbocycles. The standard InChI is InChI=1S/C26H32N6O2/c1-2-32-17-20-9-8-10-21(15-20)30-24-16-25(29-19-28-24)31-22-11-4-5-12-23(22)34-14-7-3-6-13-27-26(33)18-32/h4-5,8-12,15-16,19H,2-3,6-7,13-14,17-18H2,1H3,(H,27,33)(H2,28,29,30,31). The largest absolute Gasteiger partial charge is 0.491 e. The molecule has 4 bridgehead atoms. The van der Waals surface area contributed by atoms with Crippen LogP contribution in [-0.4, -0.2) is 47.0 Å². The molecule has 3 N–H and O–H groups in total. The summed E-state index contributed by atoms with van der Waals surface area (Å²) in [4.78, 5) is 23.3. The van der Waals surface area contributed by atoms with Gasteiger partial charge < -0.3 is 20.7 Å². The lowest BCUT2D eigenvalue weighted by atomic mass is 10.2. The minimum absolute atomic E-state index is 0.0618. The van der Waals surface area contributed by atoms with Crippen LogP contribution in [0.5, 0.6) is 5.75 Å². The molecule has 1 aliphatic rings. The quantitative estimate of drug-likeness (QED) is 0.494. The number of benzene rings is 2. The maximum absolute atomic E-state index is 12.4. The second-order valence-corrected chi connectivity index (χ2v) is 8.30. The molecule has 0 saturated carbocycles. The van der Waals surface area contributed by atoms with Crippen molar-refractivity contribution in [3.05, 3.63) is 66.5 Å². The van der Waals surface area contributed by atoms with Gasteiger partial charge in [-0.2, -0.15) is 0 Å². The predicted molar refractivity (Wildman–Crippen MR) is 135 cm³/mol. The van der Waals surface area contributed by atoms with Gasteiger partial charge in [-0.1, -0.05) is 31.2 Å². The van der Waals surface area contributed by atoms with Crippen LogP contribution in [0.25, 0.3) is 0 Å². The molecule has 4 rings (SSSR count). The molecule has 0 unspecified atom stereocenters. The second kappa shape index (κ2) is 12.0. The zero-order valence-electron chi connectivity index (χ0n) is 19.6. The van der Waals surface area contributed by atoms with Crippen molar-refractivity contribution in [2.24, 2.45) is 0 Å². The third kappa shape index (κ3) is 6.92. The number of aromatic nitrogens is 2. The van der Waals surface area contributed by atoms with E-state index in [1.165, 1.54) is 6.33 Å². The van der Waals surface area contributed by atoms with Gasteiger partial charge in [0.05, 0.1) is 18.8 Å². The van der Waals surface area contributed by atoms with Crippen molar-refractivity contribution in [3.8, 4) is 5.75 Å². The number of hydrogen-bond donors (Lipinski definition) is 3. The lowest BCUT2D eigenvalue weighted by Gasteiger charge is -2.20. The number of carbonyl (C=O) groups is 1. The molecule has 1 aromatic heterocycles. The Kier molecular flexibility index (Phi) is 8.29. The third-order valence-electron chi connectivity index (χ3n) is 5.64. The van der Waals surface area contributed by atoms with Crippen LogP contribution in [0.4, 0.5) is 23.0 Å². The number of ether oxygens (including phenoxy) is 1. The van der Waals surface area contributed by atoms with Crippen molar-refractivity contribution in [2.75, 3.05) is 36.9 Å². The fourth-order valence-electron chi connectivity index (χ4n) is 3.83. The number of anilines is 4. The Morgan fingerprint density at radius 3 is 2.68 bits per heavy atom. The number of likely N-dealkylation sites (N-methyl/N-ethyl adjacent to an activating group) is 1. The molecule has 178 valence electrons. The van der Waals surface area contributed by atoms with Crippen molar-refractivity contribution in [1.29, 1.82) is 0 Å². The van der Waals surface area contributed by atoms with Crippen LogP contribution < -0.4 is 20.7 Å². The van der Waals surface area contributed by atoms with Gasteiger partial charge in [-0.05, 0) is 55.6 Å². The van der Waals surface area contributed by atoms with Crippen LogP contribution in [0.15, 0.2) is 60.9 Å². The van der Waals surface area contributed by atoms with Gasteiger partial charge in [0, 0.05) is 24.8 Å². The van der Waals surface area contributed by atoms with E-state index in [-0.39, 0.29) is 5.91 Å².